The lowest BCUT2D eigenvalue weighted by Gasteiger charge is -2.19. The molecule has 2 heteroatoms. The molecule has 0 unspecified atom stereocenters. The van der Waals surface area contributed by atoms with E-state index in [-0.39, 0.29) is 0 Å². The predicted molar refractivity (Wildman–Crippen MR) is 51.4 cm³/mol. The van der Waals surface area contributed by atoms with Crippen LogP contribution in [-0.2, 0) is 0 Å². The molecule has 0 fully saturated rings. The summed E-state index contributed by atoms with van der Waals surface area (Å²) in [6.45, 7) is 8.23. The highest BCUT2D eigenvalue weighted by Crippen LogP contribution is 2.08. The molecule has 1 rings (SSSR count). The lowest BCUT2D eigenvalue weighted by atomic mass is 10.3. The first kappa shape index (κ1) is 9.04. The molecule has 0 aliphatic rings. The Morgan fingerprint density at radius 3 is 2.58 bits per heavy atom. The van der Waals surface area contributed by atoms with Crippen LogP contribution in [0.1, 0.15) is 19.5 Å². The highest BCUT2D eigenvalue weighted by atomic mass is 15.2. The lowest BCUT2D eigenvalue weighted by molar-refractivity contribution is 0.841. The molecule has 0 saturated carbocycles. The smallest absolute Gasteiger partial charge is 0.136 e. The van der Waals surface area contributed by atoms with Crippen molar-refractivity contribution in [2.75, 3.05) is 18.0 Å². The van der Waals surface area contributed by atoms with Crippen molar-refractivity contribution in [2.45, 2.75) is 20.8 Å². The third-order valence-corrected chi connectivity index (χ3v) is 1.88. The van der Waals surface area contributed by atoms with Crippen molar-refractivity contribution in [1.82, 2.24) is 4.98 Å². The summed E-state index contributed by atoms with van der Waals surface area (Å²) >= 11 is 0. The van der Waals surface area contributed by atoms with Gasteiger partial charge in [0.2, 0.25) is 0 Å². The summed E-state index contributed by atoms with van der Waals surface area (Å²) in [6, 6.07) is 7.02. The minimum Gasteiger partial charge on any atom is -0.357 e. The topological polar surface area (TPSA) is 16.1 Å². The summed E-state index contributed by atoms with van der Waals surface area (Å²) in [5.74, 6) is 0.958. The molecule has 12 heavy (non-hydrogen) atoms. The molecule has 0 saturated heterocycles. The number of rotatable bonds is 3. The summed E-state index contributed by atoms with van der Waals surface area (Å²) in [6.07, 6.45) is 0. The summed E-state index contributed by atoms with van der Waals surface area (Å²) < 4.78 is 0. The van der Waals surface area contributed by atoms with Gasteiger partial charge >= 0.3 is 0 Å². The second kappa shape index (κ2) is 4.10. The van der Waals surface area contributed by atoms with Crippen molar-refractivity contribution in [1.29, 1.82) is 0 Å². The van der Waals surface area contributed by atoms with Gasteiger partial charge in [0.25, 0.3) is 0 Å². The van der Waals surface area contributed by atoms with Crippen LogP contribution in [0.25, 0.3) is 0 Å². The Bertz CT molecular complexity index is 241. The van der Waals surface area contributed by atoms with Gasteiger partial charge in [-0.25, -0.2) is 4.98 Å². The van der Waals surface area contributed by atoms with Crippen LogP contribution in [0.4, 0.5) is 5.82 Å². The van der Waals surface area contributed by atoms with E-state index in [0.717, 1.165) is 24.6 Å². The molecule has 0 amide bonds. The Morgan fingerprint density at radius 2 is 2.08 bits per heavy atom. The van der Waals surface area contributed by atoms with Crippen molar-refractivity contribution in [3.8, 4) is 0 Å². The van der Waals surface area contributed by atoms with Crippen molar-refractivity contribution < 1.29 is 0 Å². The summed E-state index contributed by atoms with van der Waals surface area (Å²) in [4.78, 5) is 6.57. The Kier molecular flexibility index (Phi) is 3.09. The second-order valence-corrected chi connectivity index (χ2v) is 2.73. The number of pyridine rings is 1. The first-order chi connectivity index (χ1) is 5.77. The van der Waals surface area contributed by atoms with Crippen LogP contribution in [0.5, 0.6) is 0 Å². The van der Waals surface area contributed by atoms with Gasteiger partial charge in [0.15, 0.2) is 0 Å². The van der Waals surface area contributed by atoms with Gasteiger partial charge < -0.3 is 4.90 Å². The van der Waals surface area contributed by atoms with Crippen LogP contribution in [0, 0.1) is 13.0 Å². The summed E-state index contributed by atoms with van der Waals surface area (Å²) in [7, 11) is 0. The molecule has 1 aromatic heterocycles. The Hall–Kier alpha value is -1.05. The molecule has 0 bridgehead atoms. The fraction of sp³-hybridized carbons (Fsp3) is 0.500. The fourth-order valence-corrected chi connectivity index (χ4v) is 1.16. The number of aromatic nitrogens is 1. The number of aryl methyl sites for hydroxylation is 1. The minimum absolute atomic E-state index is 0.958. The standard InChI is InChI=1S/C10H15N2/c1-4-12(5-2)10-8-6-7-9(3)11-10/h6-7H,4-5H2,1-3H3. The first-order valence-corrected chi connectivity index (χ1v) is 4.38. The highest BCUT2D eigenvalue weighted by molar-refractivity contribution is 5.37. The van der Waals surface area contributed by atoms with Gasteiger partial charge in [-0.3, -0.25) is 0 Å². The van der Waals surface area contributed by atoms with Gasteiger partial charge in [0, 0.05) is 24.8 Å². The molecule has 2 nitrogen and oxygen atoms in total. The number of nitrogens with zero attached hydrogens (tertiary/aromatic N) is 2. The summed E-state index contributed by atoms with van der Waals surface area (Å²) in [5.41, 5.74) is 1.05. The van der Waals surface area contributed by atoms with Crippen LogP contribution in [-0.4, -0.2) is 18.1 Å². The average Bonchev–Trinajstić information content (AvgIpc) is 2.07. The van der Waals surface area contributed by atoms with Gasteiger partial charge in [-0.15, -0.1) is 0 Å². The largest absolute Gasteiger partial charge is 0.357 e. The van der Waals surface area contributed by atoms with E-state index < -0.39 is 0 Å². The molecule has 0 aliphatic carbocycles. The van der Waals surface area contributed by atoms with Gasteiger partial charge in [-0.05, 0) is 32.9 Å². The van der Waals surface area contributed by atoms with Crippen molar-refractivity contribution >= 4 is 5.82 Å². The molecule has 65 valence electrons. The molecule has 0 aromatic carbocycles. The van der Waals surface area contributed by atoms with Gasteiger partial charge in [-0.1, -0.05) is 0 Å². The van der Waals surface area contributed by atoms with Crippen molar-refractivity contribution in [2.24, 2.45) is 0 Å². The number of anilines is 1. The highest BCUT2D eigenvalue weighted by Gasteiger charge is 2.01. The Balaban J connectivity index is 2.85. The average molecular weight is 163 g/mol. The minimum atomic E-state index is 0.958. The fourth-order valence-electron chi connectivity index (χ4n) is 1.16. The Labute approximate surface area is 74.2 Å². The van der Waals surface area contributed by atoms with Gasteiger partial charge in [0.1, 0.15) is 5.82 Å². The number of hydrogen-bond acceptors (Lipinski definition) is 2. The van der Waals surface area contributed by atoms with Gasteiger partial charge in [-0.2, -0.15) is 0 Å². The number of hydrogen-bond donors (Lipinski definition) is 0. The maximum atomic E-state index is 4.39. The Morgan fingerprint density at radius 1 is 1.42 bits per heavy atom. The van der Waals surface area contributed by atoms with Crippen LogP contribution in [0.15, 0.2) is 12.1 Å². The quantitative estimate of drug-likeness (QED) is 0.678. The van der Waals surface area contributed by atoms with Crippen LogP contribution in [0.3, 0.4) is 0 Å². The van der Waals surface area contributed by atoms with E-state index in [2.05, 4.69) is 29.8 Å². The van der Waals surface area contributed by atoms with E-state index in [1.807, 2.05) is 19.1 Å². The maximum Gasteiger partial charge on any atom is 0.136 e. The van der Waals surface area contributed by atoms with E-state index in [4.69, 9.17) is 0 Å². The molecular weight excluding hydrogens is 148 g/mol. The van der Waals surface area contributed by atoms with Crippen LogP contribution in [0.2, 0.25) is 0 Å². The molecule has 0 spiro atoms. The molecule has 1 radical (unpaired) electrons. The van der Waals surface area contributed by atoms with Crippen LogP contribution < -0.4 is 4.90 Å². The normalized spacial score (nSPS) is 9.92. The third-order valence-electron chi connectivity index (χ3n) is 1.88. The molecule has 0 atom stereocenters. The van der Waals surface area contributed by atoms with E-state index in [9.17, 15) is 0 Å². The van der Waals surface area contributed by atoms with Crippen molar-refractivity contribution in [3.05, 3.63) is 23.9 Å². The molecule has 0 N–H and O–H groups in total. The third kappa shape index (κ3) is 1.97. The lowest BCUT2D eigenvalue weighted by Crippen LogP contribution is -2.23. The maximum absolute atomic E-state index is 4.39. The van der Waals surface area contributed by atoms with E-state index in [1.54, 1.807) is 0 Å². The molecular formula is C10H15N2. The van der Waals surface area contributed by atoms with Gasteiger partial charge in [0.05, 0.1) is 0 Å². The van der Waals surface area contributed by atoms with Crippen molar-refractivity contribution in [3.63, 3.8) is 0 Å². The van der Waals surface area contributed by atoms with Crippen LogP contribution >= 0.6 is 0 Å². The zero-order valence-corrected chi connectivity index (χ0v) is 7.96. The molecule has 0 aliphatic heterocycles. The molecule has 1 aromatic rings. The SMILES string of the molecule is CCN(CC)c1[c]ccc(C)n1. The predicted octanol–water partition coefficient (Wildman–Crippen LogP) is 2.04. The zero-order valence-electron chi connectivity index (χ0n) is 7.96. The zero-order chi connectivity index (χ0) is 8.97. The first-order valence-electron chi connectivity index (χ1n) is 4.38. The van der Waals surface area contributed by atoms with E-state index in [1.165, 1.54) is 0 Å². The van der Waals surface area contributed by atoms with E-state index in [0.29, 0.717) is 0 Å². The summed E-state index contributed by atoms with van der Waals surface area (Å²) in [5, 5.41) is 0. The monoisotopic (exact) mass is 163 g/mol. The molecule has 1 heterocycles. The second-order valence-electron chi connectivity index (χ2n) is 2.73. The van der Waals surface area contributed by atoms with E-state index >= 15 is 0 Å².